The number of para-hydroxylation sites is 2. The van der Waals surface area contributed by atoms with Crippen molar-refractivity contribution in [2.45, 2.75) is 0 Å². The van der Waals surface area contributed by atoms with E-state index < -0.39 is 5.82 Å². The number of nitrogens with one attached hydrogen (secondary N) is 1. The van der Waals surface area contributed by atoms with Crippen molar-refractivity contribution in [3.05, 3.63) is 63.2 Å². The number of halogens is 2. The van der Waals surface area contributed by atoms with Crippen molar-refractivity contribution >= 4 is 27.0 Å². The number of imidazole rings is 1. The molecule has 0 aliphatic carbocycles. The molecule has 0 aliphatic rings. The molecule has 0 amide bonds. The van der Waals surface area contributed by atoms with Gasteiger partial charge in [-0.2, -0.15) is 0 Å². The summed E-state index contributed by atoms with van der Waals surface area (Å²) < 4.78 is 15.9. The Hall–Kier alpha value is -1.88. The van der Waals surface area contributed by atoms with Crippen LogP contribution in [0.2, 0.25) is 0 Å². The minimum Gasteiger partial charge on any atom is -0.305 e. The van der Waals surface area contributed by atoms with E-state index in [0.29, 0.717) is 11.0 Å². The van der Waals surface area contributed by atoms with Crippen molar-refractivity contribution in [3.8, 4) is 5.69 Å². The van der Waals surface area contributed by atoms with Gasteiger partial charge in [0, 0.05) is 4.47 Å². The van der Waals surface area contributed by atoms with Crippen molar-refractivity contribution in [1.29, 1.82) is 0 Å². The fraction of sp³-hybridized carbons (Fsp3) is 0. The zero-order valence-corrected chi connectivity index (χ0v) is 10.7. The van der Waals surface area contributed by atoms with Gasteiger partial charge in [-0.15, -0.1) is 0 Å². The van der Waals surface area contributed by atoms with Crippen LogP contribution in [0.5, 0.6) is 0 Å². The molecule has 0 unspecified atom stereocenters. The summed E-state index contributed by atoms with van der Waals surface area (Å²) in [6.45, 7) is 0. The third kappa shape index (κ3) is 1.59. The van der Waals surface area contributed by atoms with Gasteiger partial charge in [-0.05, 0) is 40.2 Å². The fourth-order valence-electron chi connectivity index (χ4n) is 1.98. The van der Waals surface area contributed by atoms with Crippen LogP contribution in [0.1, 0.15) is 0 Å². The molecule has 3 nitrogen and oxygen atoms in total. The predicted octanol–water partition coefficient (Wildman–Crippen LogP) is 3.22. The Bertz CT molecular complexity index is 791. The van der Waals surface area contributed by atoms with E-state index in [1.807, 2.05) is 12.1 Å². The first-order valence-corrected chi connectivity index (χ1v) is 6.12. The maximum absolute atomic E-state index is 13.8. The molecule has 0 aliphatic heterocycles. The molecule has 0 saturated heterocycles. The van der Waals surface area contributed by atoms with Crippen molar-refractivity contribution in [3.63, 3.8) is 0 Å². The number of H-pyrrole nitrogens is 1. The maximum Gasteiger partial charge on any atom is 0.331 e. The fourth-order valence-corrected chi connectivity index (χ4v) is 2.52. The van der Waals surface area contributed by atoms with Crippen LogP contribution in [-0.2, 0) is 0 Å². The van der Waals surface area contributed by atoms with Gasteiger partial charge < -0.3 is 4.98 Å². The number of nitrogens with zero attached hydrogens (tertiary/aromatic N) is 1. The standard InChI is InChI=1S/C13H8BrFN2O/c14-8-4-3-6-10-12(8)17(13(18)16-10)11-7-2-1-5-9(11)15/h1-7H,(H,16,18). The van der Waals surface area contributed by atoms with E-state index in [0.717, 1.165) is 4.47 Å². The number of fused-ring (bicyclic) bond motifs is 1. The maximum atomic E-state index is 13.8. The number of hydrogen-bond acceptors (Lipinski definition) is 1. The van der Waals surface area contributed by atoms with Gasteiger partial charge in [-0.3, -0.25) is 4.57 Å². The van der Waals surface area contributed by atoms with Gasteiger partial charge in [0.15, 0.2) is 0 Å². The van der Waals surface area contributed by atoms with E-state index in [1.165, 1.54) is 10.6 Å². The average Bonchev–Trinajstić information content (AvgIpc) is 2.68. The van der Waals surface area contributed by atoms with Crippen molar-refractivity contribution in [1.82, 2.24) is 9.55 Å². The van der Waals surface area contributed by atoms with Gasteiger partial charge in [0.1, 0.15) is 5.82 Å². The summed E-state index contributed by atoms with van der Waals surface area (Å²) in [6.07, 6.45) is 0. The number of benzene rings is 2. The van der Waals surface area contributed by atoms with Gasteiger partial charge >= 0.3 is 5.69 Å². The SMILES string of the molecule is O=c1[nH]c2cccc(Br)c2n1-c1ccccc1F. The number of aromatic nitrogens is 2. The summed E-state index contributed by atoms with van der Waals surface area (Å²) >= 11 is 3.38. The second-order valence-corrected chi connectivity index (χ2v) is 4.71. The summed E-state index contributed by atoms with van der Waals surface area (Å²) in [5.41, 5.74) is 1.17. The molecule has 0 spiro atoms. The van der Waals surface area contributed by atoms with Gasteiger partial charge in [-0.1, -0.05) is 18.2 Å². The number of hydrogen-bond donors (Lipinski definition) is 1. The third-order valence-electron chi connectivity index (χ3n) is 2.75. The Morgan fingerprint density at radius 1 is 1.11 bits per heavy atom. The Balaban J connectivity index is 2.47. The van der Waals surface area contributed by atoms with Crippen LogP contribution in [0, 0.1) is 5.82 Å². The topological polar surface area (TPSA) is 37.8 Å². The quantitative estimate of drug-likeness (QED) is 0.736. The minimum atomic E-state index is -0.434. The summed E-state index contributed by atoms with van der Waals surface area (Å²) in [4.78, 5) is 14.7. The third-order valence-corrected chi connectivity index (χ3v) is 3.39. The van der Waals surface area contributed by atoms with Gasteiger partial charge in [0.25, 0.3) is 0 Å². The molecule has 0 fully saturated rings. The summed E-state index contributed by atoms with van der Waals surface area (Å²) in [5.74, 6) is -0.434. The second kappa shape index (κ2) is 4.10. The van der Waals surface area contributed by atoms with E-state index in [2.05, 4.69) is 20.9 Å². The monoisotopic (exact) mass is 306 g/mol. The summed E-state index contributed by atoms with van der Waals surface area (Å²) in [7, 11) is 0. The number of rotatable bonds is 1. The second-order valence-electron chi connectivity index (χ2n) is 3.85. The van der Waals surface area contributed by atoms with Gasteiger partial charge in [0.2, 0.25) is 0 Å². The highest BCUT2D eigenvalue weighted by molar-refractivity contribution is 9.10. The molecule has 3 rings (SSSR count). The highest BCUT2D eigenvalue weighted by Crippen LogP contribution is 2.24. The van der Waals surface area contributed by atoms with Crippen LogP contribution in [0.25, 0.3) is 16.7 Å². The lowest BCUT2D eigenvalue weighted by Crippen LogP contribution is -2.15. The highest BCUT2D eigenvalue weighted by Gasteiger charge is 2.13. The molecule has 2 aromatic carbocycles. The Labute approximate surface area is 110 Å². The molecule has 0 radical (unpaired) electrons. The first-order chi connectivity index (χ1) is 8.68. The van der Waals surface area contributed by atoms with E-state index >= 15 is 0 Å². The minimum absolute atomic E-state index is 0.237. The zero-order valence-electron chi connectivity index (χ0n) is 9.15. The van der Waals surface area contributed by atoms with E-state index in [4.69, 9.17) is 0 Å². The molecular formula is C13H8BrFN2O. The predicted molar refractivity (Wildman–Crippen MR) is 71.6 cm³/mol. The van der Waals surface area contributed by atoms with Crippen molar-refractivity contribution in [2.24, 2.45) is 0 Å². The molecule has 0 bridgehead atoms. The average molecular weight is 307 g/mol. The van der Waals surface area contributed by atoms with E-state index in [1.54, 1.807) is 24.3 Å². The van der Waals surface area contributed by atoms with Crippen LogP contribution in [0.15, 0.2) is 51.7 Å². The van der Waals surface area contributed by atoms with Crippen LogP contribution in [0.4, 0.5) is 4.39 Å². The van der Waals surface area contributed by atoms with Crippen LogP contribution >= 0.6 is 15.9 Å². The van der Waals surface area contributed by atoms with Crippen LogP contribution in [0.3, 0.4) is 0 Å². The van der Waals surface area contributed by atoms with Gasteiger partial charge in [0.05, 0.1) is 16.7 Å². The van der Waals surface area contributed by atoms with Crippen molar-refractivity contribution < 1.29 is 4.39 Å². The normalized spacial score (nSPS) is 11.0. The highest BCUT2D eigenvalue weighted by atomic mass is 79.9. The zero-order chi connectivity index (χ0) is 12.7. The summed E-state index contributed by atoms with van der Waals surface area (Å²) in [5, 5.41) is 0. The number of aromatic amines is 1. The Morgan fingerprint density at radius 2 is 1.89 bits per heavy atom. The first-order valence-electron chi connectivity index (χ1n) is 5.32. The lowest BCUT2D eigenvalue weighted by molar-refractivity contribution is 0.618. The molecule has 18 heavy (non-hydrogen) atoms. The lowest BCUT2D eigenvalue weighted by Gasteiger charge is -2.05. The molecule has 3 aromatic rings. The molecule has 5 heteroatoms. The molecular weight excluding hydrogens is 299 g/mol. The molecule has 0 saturated carbocycles. The van der Waals surface area contributed by atoms with Crippen LogP contribution < -0.4 is 5.69 Å². The lowest BCUT2D eigenvalue weighted by atomic mass is 10.2. The van der Waals surface area contributed by atoms with E-state index in [9.17, 15) is 9.18 Å². The van der Waals surface area contributed by atoms with Crippen molar-refractivity contribution in [2.75, 3.05) is 0 Å². The molecule has 90 valence electrons. The summed E-state index contributed by atoms with van der Waals surface area (Å²) in [6, 6.07) is 11.6. The smallest absolute Gasteiger partial charge is 0.305 e. The largest absolute Gasteiger partial charge is 0.331 e. The van der Waals surface area contributed by atoms with Crippen LogP contribution in [-0.4, -0.2) is 9.55 Å². The molecule has 1 N–H and O–H groups in total. The molecule has 1 aromatic heterocycles. The molecule has 1 heterocycles. The van der Waals surface area contributed by atoms with E-state index in [-0.39, 0.29) is 11.4 Å². The first kappa shape index (κ1) is 11.2. The van der Waals surface area contributed by atoms with Gasteiger partial charge in [-0.25, -0.2) is 9.18 Å². The Kier molecular flexibility index (Phi) is 2.56. The molecule has 0 atom stereocenters. The Morgan fingerprint density at radius 3 is 2.67 bits per heavy atom.